The van der Waals surface area contributed by atoms with Crippen LogP contribution in [0.5, 0.6) is 0 Å². The fraction of sp³-hybridized carbons (Fsp3) is 0.625. The third-order valence-corrected chi connectivity index (χ3v) is 6.61. The molecule has 0 unspecified atom stereocenters. The summed E-state index contributed by atoms with van der Waals surface area (Å²) in [6, 6.07) is 8.49. The molecule has 0 saturated heterocycles. The largest absolute Gasteiger partial charge is 0.392 e. The fourth-order valence-corrected chi connectivity index (χ4v) is 5.05. The molecule has 1 aromatic rings. The lowest BCUT2D eigenvalue weighted by atomic mass is 9.85. The highest BCUT2D eigenvalue weighted by Crippen LogP contribution is 2.32. The standard InChI is InChI=1S/C16H24O3S/c1-13(17)16(12-14-8-4-2-5-9-14)20(18,19)15-10-6-3-7-11-15/h3,6-7,10-11,13-14,16-17H,2,4-5,8-9,12H2,1H3/t13-,16+/m0/s1. The number of hydrogen-bond acceptors (Lipinski definition) is 3. The van der Waals surface area contributed by atoms with E-state index in [1.807, 2.05) is 0 Å². The zero-order chi connectivity index (χ0) is 14.6. The minimum atomic E-state index is -3.45. The zero-order valence-corrected chi connectivity index (χ0v) is 12.8. The third kappa shape index (κ3) is 3.61. The third-order valence-electron chi connectivity index (χ3n) is 4.30. The van der Waals surface area contributed by atoms with Crippen molar-refractivity contribution in [2.24, 2.45) is 5.92 Å². The van der Waals surface area contributed by atoms with Crippen molar-refractivity contribution in [3.8, 4) is 0 Å². The van der Waals surface area contributed by atoms with Gasteiger partial charge in [-0.15, -0.1) is 0 Å². The predicted molar refractivity (Wildman–Crippen MR) is 80.3 cm³/mol. The van der Waals surface area contributed by atoms with Crippen LogP contribution in [0.25, 0.3) is 0 Å². The van der Waals surface area contributed by atoms with Crippen LogP contribution in [-0.2, 0) is 9.84 Å². The van der Waals surface area contributed by atoms with Gasteiger partial charge in [0.05, 0.1) is 16.2 Å². The number of sulfone groups is 1. The molecule has 0 bridgehead atoms. The van der Waals surface area contributed by atoms with Crippen LogP contribution in [0.1, 0.15) is 45.4 Å². The second-order valence-electron chi connectivity index (χ2n) is 5.88. The van der Waals surface area contributed by atoms with Gasteiger partial charge in [0.1, 0.15) is 0 Å². The average Bonchev–Trinajstić information content (AvgIpc) is 2.46. The van der Waals surface area contributed by atoms with Gasteiger partial charge in [-0.1, -0.05) is 50.3 Å². The predicted octanol–water partition coefficient (Wildman–Crippen LogP) is 3.18. The molecular weight excluding hydrogens is 272 g/mol. The summed E-state index contributed by atoms with van der Waals surface area (Å²) in [6.45, 7) is 1.59. The summed E-state index contributed by atoms with van der Waals surface area (Å²) in [7, 11) is -3.45. The molecule has 1 aliphatic carbocycles. The number of benzene rings is 1. The van der Waals surface area contributed by atoms with Gasteiger partial charge in [0.2, 0.25) is 0 Å². The summed E-state index contributed by atoms with van der Waals surface area (Å²) in [5.41, 5.74) is 0. The number of aliphatic hydroxyl groups is 1. The van der Waals surface area contributed by atoms with E-state index in [2.05, 4.69) is 0 Å². The first-order valence-electron chi connectivity index (χ1n) is 7.49. The second kappa shape index (κ2) is 6.72. The van der Waals surface area contributed by atoms with Gasteiger partial charge in [0.15, 0.2) is 9.84 Å². The van der Waals surface area contributed by atoms with Crippen molar-refractivity contribution < 1.29 is 13.5 Å². The Balaban J connectivity index is 2.19. The normalized spacial score (nSPS) is 20.5. The Bertz CT molecular complexity index is 502. The minimum Gasteiger partial charge on any atom is -0.392 e. The summed E-state index contributed by atoms with van der Waals surface area (Å²) >= 11 is 0. The summed E-state index contributed by atoms with van der Waals surface area (Å²) in [5.74, 6) is 0.432. The Morgan fingerprint density at radius 3 is 2.30 bits per heavy atom. The van der Waals surface area contributed by atoms with Crippen molar-refractivity contribution >= 4 is 9.84 Å². The quantitative estimate of drug-likeness (QED) is 0.908. The summed E-state index contributed by atoms with van der Waals surface area (Å²) in [5, 5.41) is 9.27. The fourth-order valence-electron chi connectivity index (χ4n) is 3.12. The van der Waals surface area contributed by atoms with E-state index in [9.17, 15) is 13.5 Å². The molecule has 0 spiro atoms. The van der Waals surface area contributed by atoms with E-state index in [4.69, 9.17) is 0 Å². The maximum atomic E-state index is 12.7. The average molecular weight is 296 g/mol. The summed E-state index contributed by atoms with van der Waals surface area (Å²) in [4.78, 5) is 0.321. The van der Waals surface area contributed by atoms with Crippen molar-refractivity contribution in [3.05, 3.63) is 30.3 Å². The molecule has 3 nitrogen and oxygen atoms in total. The van der Waals surface area contributed by atoms with Gasteiger partial charge in [-0.25, -0.2) is 8.42 Å². The van der Waals surface area contributed by atoms with E-state index < -0.39 is 21.2 Å². The van der Waals surface area contributed by atoms with Crippen molar-refractivity contribution in [2.45, 2.75) is 61.7 Å². The molecule has 4 heteroatoms. The molecule has 0 radical (unpaired) electrons. The number of rotatable bonds is 5. The Kier molecular flexibility index (Phi) is 5.22. The van der Waals surface area contributed by atoms with Gasteiger partial charge in [0.25, 0.3) is 0 Å². The van der Waals surface area contributed by atoms with E-state index in [0.717, 1.165) is 12.8 Å². The topological polar surface area (TPSA) is 54.4 Å². The van der Waals surface area contributed by atoms with Crippen LogP contribution >= 0.6 is 0 Å². The van der Waals surface area contributed by atoms with Crippen molar-refractivity contribution in [1.29, 1.82) is 0 Å². The molecule has 2 rings (SSSR count). The van der Waals surface area contributed by atoms with Crippen LogP contribution in [0.2, 0.25) is 0 Å². The van der Waals surface area contributed by atoms with Crippen LogP contribution in [0.15, 0.2) is 35.2 Å². The molecule has 0 aliphatic heterocycles. The highest BCUT2D eigenvalue weighted by molar-refractivity contribution is 7.92. The van der Waals surface area contributed by atoms with Gasteiger partial charge >= 0.3 is 0 Å². The first kappa shape index (κ1) is 15.5. The lowest BCUT2D eigenvalue weighted by Gasteiger charge is -2.28. The molecule has 0 heterocycles. The monoisotopic (exact) mass is 296 g/mol. The van der Waals surface area contributed by atoms with Crippen LogP contribution in [0, 0.1) is 5.92 Å². The van der Waals surface area contributed by atoms with Gasteiger partial charge in [0, 0.05) is 0 Å². The van der Waals surface area contributed by atoms with Gasteiger partial charge in [-0.3, -0.25) is 0 Å². The molecule has 112 valence electrons. The first-order valence-corrected chi connectivity index (χ1v) is 9.03. The Hall–Kier alpha value is -0.870. The van der Waals surface area contributed by atoms with Crippen molar-refractivity contribution in [3.63, 3.8) is 0 Å². The zero-order valence-electron chi connectivity index (χ0n) is 12.0. The molecule has 0 aromatic heterocycles. The Morgan fingerprint density at radius 2 is 1.75 bits per heavy atom. The molecule has 2 atom stereocenters. The van der Waals surface area contributed by atoms with Crippen molar-refractivity contribution in [1.82, 2.24) is 0 Å². The van der Waals surface area contributed by atoms with E-state index in [1.165, 1.54) is 19.3 Å². The molecular formula is C16H24O3S. The molecule has 1 fully saturated rings. The van der Waals surface area contributed by atoms with Crippen LogP contribution in [0.3, 0.4) is 0 Å². The molecule has 1 N–H and O–H groups in total. The first-order chi connectivity index (χ1) is 9.51. The summed E-state index contributed by atoms with van der Waals surface area (Å²) < 4.78 is 25.4. The SMILES string of the molecule is C[C@H](O)[C@@H](CC1CCCCC1)S(=O)(=O)c1ccccc1. The second-order valence-corrected chi connectivity index (χ2v) is 8.04. The number of hydrogen-bond donors (Lipinski definition) is 1. The number of aliphatic hydroxyl groups excluding tert-OH is 1. The maximum Gasteiger partial charge on any atom is 0.183 e. The highest BCUT2D eigenvalue weighted by atomic mass is 32.2. The molecule has 20 heavy (non-hydrogen) atoms. The van der Waals surface area contributed by atoms with Gasteiger partial charge < -0.3 is 5.11 Å². The lowest BCUT2D eigenvalue weighted by molar-refractivity contribution is 0.170. The molecule has 1 saturated carbocycles. The molecule has 1 aromatic carbocycles. The van der Waals surface area contributed by atoms with E-state index >= 15 is 0 Å². The van der Waals surface area contributed by atoms with Gasteiger partial charge in [-0.05, 0) is 31.4 Å². The van der Waals surface area contributed by atoms with E-state index in [-0.39, 0.29) is 0 Å². The molecule has 0 amide bonds. The maximum absolute atomic E-state index is 12.7. The van der Waals surface area contributed by atoms with E-state index in [1.54, 1.807) is 37.3 Å². The highest BCUT2D eigenvalue weighted by Gasteiger charge is 2.33. The Morgan fingerprint density at radius 1 is 1.15 bits per heavy atom. The van der Waals surface area contributed by atoms with Crippen LogP contribution < -0.4 is 0 Å². The van der Waals surface area contributed by atoms with Gasteiger partial charge in [-0.2, -0.15) is 0 Å². The smallest absolute Gasteiger partial charge is 0.183 e. The van der Waals surface area contributed by atoms with Crippen molar-refractivity contribution in [2.75, 3.05) is 0 Å². The summed E-state index contributed by atoms with van der Waals surface area (Å²) in [6.07, 6.45) is 5.55. The van der Waals surface area contributed by atoms with Crippen LogP contribution in [-0.4, -0.2) is 24.9 Å². The minimum absolute atomic E-state index is 0.321. The lowest BCUT2D eigenvalue weighted by Crippen LogP contribution is -2.34. The van der Waals surface area contributed by atoms with Crippen LogP contribution in [0.4, 0.5) is 0 Å². The van der Waals surface area contributed by atoms with E-state index in [0.29, 0.717) is 17.2 Å². The Labute approximate surface area is 121 Å². The molecule has 1 aliphatic rings.